The molecular formula is C24H42N6O5. The molecule has 1 unspecified atom stereocenters. The van der Waals surface area contributed by atoms with E-state index in [0.717, 1.165) is 38.8 Å². The molecule has 0 bridgehead atoms. The molecule has 198 valence electrons. The minimum atomic E-state index is -1.26. The molecule has 1 atom stereocenters. The quantitative estimate of drug-likeness (QED) is 0.291. The van der Waals surface area contributed by atoms with Crippen LogP contribution in [-0.4, -0.2) is 105 Å². The zero-order valence-corrected chi connectivity index (χ0v) is 21.4. The molecule has 1 saturated carbocycles. The summed E-state index contributed by atoms with van der Waals surface area (Å²) in [5.74, 6) is 0.0954. The van der Waals surface area contributed by atoms with Crippen molar-refractivity contribution in [2.75, 3.05) is 60.7 Å². The monoisotopic (exact) mass is 494 g/mol. The van der Waals surface area contributed by atoms with Crippen LogP contribution >= 0.6 is 0 Å². The molecule has 35 heavy (non-hydrogen) atoms. The second kappa shape index (κ2) is 14.9. The number of nitriles is 1. The van der Waals surface area contributed by atoms with Gasteiger partial charge in [-0.3, -0.25) is 10.1 Å². The number of carbonyl (C=O) groups is 2. The largest absolute Gasteiger partial charge is 0.465 e. The Labute approximate surface area is 208 Å². The molecule has 0 spiro atoms. The fraction of sp³-hybridized carbons (Fsp3) is 0.833. The van der Waals surface area contributed by atoms with Crippen LogP contribution in [0.25, 0.3) is 0 Å². The third-order valence-corrected chi connectivity index (χ3v) is 6.93. The summed E-state index contributed by atoms with van der Waals surface area (Å²) in [6, 6.07) is 1.52. The molecule has 11 nitrogen and oxygen atoms in total. The van der Waals surface area contributed by atoms with Gasteiger partial charge in [-0.25, -0.2) is 9.79 Å². The number of aliphatic imine (C=N–C) groups is 1. The summed E-state index contributed by atoms with van der Waals surface area (Å²) in [4.78, 5) is 33.7. The smallest absolute Gasteiger partial charge is 0.411 e. The third-order valence-electron chi connectivity index (χ3n) is 6.93. The summed E-state index contributed by atoms with van der Waals surface area (Å²) in [5.41, 5.74) is -0.934. The number of nitrogens with zero attached hydrogens (tertiary/aromatic N) is 4. The van der Waals surface area contributed by atoms with Crippen LogP contribution in [0.4, 0.5) is 4.79 Å². The van der Waals surface area contributed by atoms with Gasteiger partial charge in [0, 0.05) is 40.4 Å². The van der Waals surface area contributed by atoms with Crippen LogP contribution < -0.4 is 10.6 Å². The predicted molar refractivity (Wildman–Crippen MR) is 132 cm³/mol. The van der Waals surface area contributed by atoms with E-state index < -0.39 is 17.7 Å². The van der Waals surface area contributed by atoms with Crippen molar-refractivity contribution in [2.45, 2.75) is 62.9 Å². The first-order valence-corrected chi connectivity index (χ1v) is 12.5. The Balaban J connectivity index is 2.33. The van der Waals surface area contributed by atoms with Gasteiger partial charge in [0.1, 0.15) is 11.6 Å². The maximum absolute atomic E-state index is 13.6. The molecule has 3 N–H and O–H groups in total. The number of nitrogens with one attached hydrogen (secondary N) is 2. The molecule has 0 aromatic heterocycles. The van der Waals surface area contributed by atoms with E-state index in [1.807, 2.05) is 7.05 Å². The third kappa shape index (κ3) is 9.63. The topological polar surface area (TPSA) is 140 Å². The molecule has 0 aromatic carbocycles. The molecule has 2 rings (SSSR count). The van der Waals surface area contributed by atoms with Gasteiger partial charge in [0.2, 0.25) is 11.9 Å². The Kier molecular flexibility index (Phi) is 12.2. The van der Waals surface area contributed by atoms with Gasteiger partial charge in [-0.15, -0.1) is 0 Å². The van der Waals surface area contributed by atoms with E-state index >= 15 is 0 Å². The number of methoxy groups -OCH3 is 2. The van der Waals surface area contributed by atoms with E-state index in [1.165, 1.54) is 6.42 Å². The summed E-state index contributed by atoms with van der Waals surface area (Å²) >= 11 is 0. The summed E-state index contributed by atoms with van der Waals surface area (Å²) in [6.07, 6.45) is 5.80. The molecular weight excluding hydrogens is 452 g/mol. The number of hydrogen-bond acceptors (Lipinski definition) is 7. The molecule has 0 aromatic rings. The molecule has 1 saturated heterocycles. The molecule has 1 heterocycles. The molecule has 2 amide bonds. The van der Waals surface area contributed by atoms with Gasteiger partial charge in [-0.05, 0) is 32.2 Å². The number of likely N-dealkylation sites (tertiary alicyclic amines) is 1. The maximum atomic E-state index is 13.6. The van der Waals surface area contributed by atoms with Gasteiger partial charge in [0.25, 0.3) is 0 Å². The fourth-order valence-electron chi connectivity index (χ4n) is 4.70. The van der Waals surface area contributed by atoms with Crippen molar-refractivity contribution in [3.05, 3.63) is 0 Å². The first-order chi connectivity index (χ1) is 16.8. The number of carbonyl (C=O) groups excluding carboxylic acids is 1. The highest BCUT2D eigenvalue weighted by Crippen LogP contribution is 2.29. The van der Waals surface area contributed by atoms with Crippen molar-refractivity contribution in [1.29, 1.82) is 5.26 Å². The Bertz CT molecular complexity index is 733. The van der Waals surface area contributed by atoms with Crippen LogP contribution in [0.1, 0.15) is 51.4 Å². The van der Waals surface area contributed by atoms with E-state index in [4.69, 9.17) is 9.47 Å². The van der Waals surface area contributed by atoms with E-state index in [2.05, 4.69) is 26.6 Å². The van der Waals surface area contributed by atoms with Crippen molar-refractivity contribution >= 4 is 18.0 Å². The van der Waals surface area contributed by atoms with Crippen molar-refractivity contribution in [1.82, 2.24) is 20.4 Å². The number of amides is 2. The number of piperidine rings is 1. The number of guanidine groups is 1. The first kappa shape index (κ1) is 28.8. The van der Waals surface area contributed by atoms with Gasteiger partial charge in [0.15, 0.2) is 0 Å². The highest BCUT2D eigenvalue weighted by atomic mass is 16.5. The van der Waals surface area contributed by atoms with E-state index in [0.29, 0.717) is 51.5 Å². The predicted octanol–water partition coefficient (Wildman–Crippen LogP) is 1.65. The van der Waals surface area contributed by atoms with E-state index in [-0.39, 0.29) is 11.9 Å². The van der Waals surface area contributed by atoms with Gasteiger partial charge in [0.05, 0.1) is 19.3 Å². The van der Waals surface area contributed by atoms with Gasteiger partial charge in [-0.1, -0.05) is 32.1 Å². The normalized spacial score (nSPS) is 20.0. The van der Waals surface area contributed by atoms with Crippen LogP contribution in [-0.2, 0) is 14.3 Å². The minimum absolute atomic E-state index is 0.0944. The second-order valence-electron chi connectivity index (χ2n) is 9.60. The first-order valence-electron chi connectivity index (χ1n) is 12.5. The average molecular weight is 495 g/mol. The van der Waals surface area contributed by atoms with Crippen molar-refractivity contribution in [2.24, 2.45) is 10.9 Å². The Morgan fingerprint density at radius 3 is 2.29 bits per heavy atom. The zero-order chi connectivity index (χ0) is 25.7. The van der Waals surface area contributed by atoms with Crippen molar-refractivity contribution < 1.29 is 24.2 Å². The molecule has 2 aliphatic rings. The Hall–Kier alpha value is -2.42. The molecule has 1 aliphatic carbocycles. The lowest BCUT2D eigenvalue weighted by molar-refractivity contribution is -0.124. The van der Waals surface area contributed by atoms with Crippen molar-refractivity contribution in [3.63, 3.8) is 0 Å². The Morgan fingerprint density at radius 2 is 1.77 bits per heavy atom. The van der Waals surface area contributed by atoms with E-state index in [1.54, 1.807) is 19.1 Å². The number of ether oxygens (including phenoxy) is 2. The lowest BCUT2D eigenvalue weighted by atomic mass is 9.84. The van der Waals surface area contributed by atoms with E-state index in [9.17, 15) is 20.0 Å². The lowest BCUT2D eigenvalue weighted by Gasteiger charge is -2.37. The van der Waals surface area contributed by atoms with Gasteiger partial charge in [-0.2, -0.15) is 5.26 Å². The van der Waals surface area contributed by atoms with Crippen LogP contribution in [0.3, 0.4) is 0 Å². The van der Waals surface area contributed by atoms with Gasteiger partial charge < -0.3 is 29.7 Å². The van der Waals surface area contributed by atoms with Crippen LogP contribution in [0, 0.1) is 17.2 Å². The fourth-order valence-corrected chi connectivity index (χ4v) is 4.70. The summed E-state index contributed by atoms with van der Waals surface area (Å²) in [6.45, 7) is 2.91. The average Bonchev–Trinajstić information content (AvgIpc) is 2.85. The minimum Gasteiger partial charge on any atom is -0.465 e. The maximum Gasteiger partial charge on any atom is 0.411 e. The number of rotatable bonds is 11. The van der Waals surface area contributed by atoms with Crippen LogP contribution in [0.15, 0.2) is 4.99 Å². The number of hydrogen-bond donors (Lipinski definition) is 3. The summed E-state index contributed by atoms with van der Waals surface area (Å²) in [5, 5.41) is 24.8. The molecule has 1 aliphatic heterocycles. The summed E-state index contributed by atoms with van der Waals surface area (Å²) in [7, 11) is 5.13. The molecule has 11 heteroatoms. The standard InChI is InChI=1S/C24H42N6O5/c1-29-11-9-24(18-25,10-12-29)28-21(31)20(17-19-7-5-4-6-8-19)26-22(27-23(32)33)30(13-15-34-2)14-16-35-3/h19-20H,4-17H2,1-3H3,(H,26,27)(H,28,31)(H,32,33). The zero-order valence-electron chi connectivity index (χ0n) is 21.4. The molecule has 2 fully saturated rings. The SMILES string of the molecule is COCCN(CCOC)C(=NC(CC1CCCCC1)C(=O)NC1(C#N)CCN(C)CC1)NC(=O)O. The lowest BCUT2D eigenvalue weighted by Crippen LogP contribution is -2.56. The number of carboxylic acid groups (broad SMARTS) is 1. The second-order valence-corrected chi connectivity index (χ2v) is 9.60. The Morgan fingerprint density at radius 1 is 1.17 bits per heavy atom. The van der Waals surface area contributed by atoms with Crippen molar-refractivity contribution in [3.8, 4) is 6.07 Å². The van der Waals surface area contributed by atoms with Crippen LogP contribution in [0.5, 0.6) is 0 Å². The van der Waals surface area contributed by atoms with Gasteiger partial charge >= 0.3 is 6.09 Å². The highest BCUT2D eigenvalue weighted by Gasteiger charge is 2.38. The van der Waals surface area contributed by atoms with Crippen LogP contribution in [0.2, 0.25) is 0 Å². The summed E-state index contributed by atoms with van der Waals surface area (Å²) < 4.78 is 10.4. The molecule has 0 radical (unpaired) electrons. The highest BCUT2D eigenvalue weighted by molar-refractivity contribution is 5.95.